The van der Waals surface area contributed by atoms with Crippen molar-refractivity contribution in [3.8, 4) is 45.6 Å². The highest BCUT2D eigenvalue weighted by molar-refractivity contribution is 9.10. The zero-order valence-corrected chi connectivity index (χ0v) is 35.9. The van der Waals surface area contributed by atoms with Gasteiger partial charge >= 0.3 is 31.3 Å². The van der Waals surface area contributed by atoms with Crippen LogP contribution in [0.2, 0.25) is 0 Å². The summed E-state index contributed by atoms with van der Waals surface area (Å²) in [5.74, 6) is 1.18. The summed E-state index contributed by atoms with van der Waals surface area (Å²) in [4.78, 5) is 0. The van der Waals surface area contributed by atoms with E-state index in [1.807, 2.05) is 45.9 Å². The van der Waals surface area contributed by atoms with Crippen molar-refractivity contribution in [3.63, 3.8) is 0 Å². The van der Waals surface area contributed by atoms with Crippen molar-refractivity contribution in [2.75, 3.05) is 13.2 Å². The number of phenolic OH excluding ortho intramolecular Hbond substituents is 2. The predicted octanol–water partition coefficient (Wildman–Crippen LogP) is 11.8. The van der Waals surface area contributed by atoms with Crippen LogP contribution in [-0.4, -0.2) is 54.3 Å². The quantitative estimate of drug-likeness (QED) is 0.0905. The summed E-state index contributed by atoms with van der Waals surface area (Å²) in [7, 11) is -0.567. The van der Waals surface area contributed by atoms with Crippen molar-refractivity contribution in [1.29, 1.82) is 0 Å². The minimum absolute atomic E-state index is 0.0273. The zero-order chi connectivity index (χ0) is 45.0. The monoisotopic (exact) mass is 938 g/mol. The van der Waals surface area contributed by atoms with Gasteiger partial charge in [0.05, 0.1) is 24.4 Å². The van der Waals surface area contributed by atoms with Crippen LogP contribution in [0.5, 0.6) is 34.5 Å². The van der Waals surface area contributed by atoms with Crippen LogP contribution in [0.25, 0.3) is 11.1 Å². The Kier molecular flexibility index (Phi) is 17.1. The third kappa shape index (κ3) is 14.3. The van der Waals surface area contributed by atoms with Crippen molar-refractivity contribution in [3.05, 3.63) is 114 Å². The van der Waals surface area contributed by atoms with Gasteiger partial charge in [-0.05, 0) is 118 Å². The molecule has 0 bridgehead atoms. The van der Waals surface area contributed by atoms with Gasteiger partial charge in [-0.25, -0.2) is 0 Å². The zero-order valence-electron chi connectivity index (χ0n) is 34.3. The van der Waals surface area contributed by atoms with Crippen LogP contribution in [0.4, 0.5) is 26.3 Å². The van der Waals surface area contributed by atoms with E-state index in [1.165, 1.54) is 54.6 Å². The van der Waals surface area contributed by atoms with E-state index in [9.17, 15) is 36.6 Å². The average Bonchev–Trinajstić information content (AvgIpc) is 3.44. The summed E-state index contributed by atoms with van der Waals surface area (Å²) in [5.41, 5.74) is 0.861. The van der Waals surface area contributed by atoms with E-state index in [2.05, 4.69) is 25.4 Å². The van der Waals surface area contributed by atoms with Gasteiger partial charge in [0.1, 0.15) is 34.5 Å². The second kappa shape index (κ2) is 22.0. The molecule has 4 aromatic carbocycles. The van der Waals surface area contributed by atoms with Gasteiger partial charge in [0.2, 0.25) is 0 Å². The van der Waals surface area contributed by atoms with Crippen LogP contribution in [0.1, 0.15) is 66.2 Å². The number of rotatable bonds is 10. The Morgan fingerprint density at radius 3 is 1.42 bits per heavy atom. The highest BCUT2D eigenvalue weighted by Gasteiger charge is 2.51. The van der Waals surface area contributed by atoms with E-state index in [0.717, 1.165) is 67.7 Å². The van der Waals surface area contributed by atoms with Gasteiger partial charge in [-0.1, -0.05) is 40.2 Å². The second-order valence-corrected chi connectivity index (χ2v) is 16.1. The molecule has 62 heavy (non-hydrogen) atoms. The van der Waals surface area contributed by atoms with Crippen molar-refractivity contribution in [1.82, 2.24) is 0 Å². The molecule has 0 saturated carbocycles. The lowest BCUT2D eigenvalue weighted by atomic mass is 9.79. The molecule has 2 atom stereocenters. The van der Waals surface area contributed by atoms with Crippen LogP contribution in [0.3, 0.4) is 0 Å². The maximum absolute atomic E-state index is 12.7. The van der Waals surface area contributed by atoms with E-state index in [0.29, 0.717) is 16.6 Å². The minimum Gasteiger partial charge on any atom is -0.508 e. The largest absolute Gasteiger partial charge is 0.508 e. The minimum atomic E-state index is -2.54. The lowest BCUT2D eigenvalue weighted by molar-refractivity contribution is -0.109. The van der Waals surface area contributed by atoms with Gasteiger partial charge in [0.15, 0.2) is 12.6 Å². The molecule has 3 heterocycles. The number of halogens is 7. The van der Waals surface area contributed by atoms with Crippen molar-refractivity contribution >= 4 is 28.5 Å². The summed E-state index contributed by atoms with van der Waals surface area (Å²) in [6, 6.07) is 17.4. The van der Waals surface area contributed by atoms with Crippen LogP contribution in [0, 0.1) is 0 Å². The Hall–Kier alpha value is -4.88. The molecule has 4 aromatic rings. The SMILES string of the molecule is Brc1cc(OC2CCCCO2)cc(OC2CCCCO2)c1.CC1(C)OB(c2ccc(OC(F)=C(F)F)cc2)OC1(C)C.Oc1cc(O)cc(-c2ccc(OC(F)=C(F)F)cc2)c1. The molecule has 3 aliphatic rings. The summed E-state index contributed by atoms with van der Waals surface area (Å²) in [6.07, 6.45) is 1.09. The van der Waals surface area contributed by atoms with Gasteiger partial charge in [-0.2, -0.15) is 26.3 Å². The molecule has 0 radical (unpaired) electrons. The highest BCUT2D eigenvalue weighted by atomic mass is 79.9. The normalized spacial score (nSPS) is 18.8. The lowest BCUT2D eigenvalue weighted by Crippen LogP contribution is -2.41. The van der Waals surface area contributed by atoms with Gasteiger partial charge in [-0.15, -0.1) is 0 Å². The molecule has 3 saturated heterocycles. The van der Waals surface area contributed by atoms with Crippen LogP contribution in [0.15, 0.2) is 114 Å². The van der Waals surface area contributed by atoms with E-state index < -0.39 is 42.5 Å². The van der Waals surface area contributed by atoms with E-state index in [1.54, 1.807) is 12.1 Å². The van der Waals surface area contributed by atoms with Crippen LogP contribution < -0.4 is 24.4 Å². The number of aromatic hydroxyl groups is 2. The first-order valence-electron chi connectivity index (χ1n) is 19.6. The molecular weight excluding hydrogens is 893 g/mol. The number of ether oxygens (including phenoxy) is 6. The molecule has 10 nitrogen and oxygen atoms in total. The maximum Gasteiger partial charge on any atom is 0.494 e. The Morgan fingerprint density at radius 2 is 1.02 bits per heavy atom. The standard InChI is InChI=1S/C16H21BrO4.C14H16BF3O3.C14H9F3O3/c17-12-9-13(20-15-5-1-3-7-18-15)11-14(10-12)21-16-6-2-4-8-19-16;1-13(2)14(3,4)21-15(20-13)9-5-7-10(8-6-9)19-12(18)11(16)17;15-13(16)14(17)20-12-3-1-8(2-4-12)9-5-10(18)7-11(19)6-9/h9-11,15-16H,1-8H2;5-8H,1-4H3;1-7,18-19H. The average molecular weight is 940 g/mol. The van der Waals surface area contributed by atoms with Crippen LogP contribution in [-0.2, 0) is 18.8 Å². The number of hydrogen-bond donors (Lipinski definition) is 2. The molecule has 7 rings (SSSR count). The summed E-state index contributed by atoms with van der Waals surface area (Å²) >= 11 is 3.50. The molecule has 0 aliphatic carbocycles. The Labute approximate surface area is 364 Å². The molecule has 334 valence electrons. The highest BCUT2D eigenvalue weighted by Crippen LogP contribution is 2.37. The molecule has 3 aliphatic heterocycles. The summed E-state index contributed by atoms with van der Waals surface area (Å²) in [6.45, 7) is 9.25. The Morgan fingerprint density at radius 1 is 0.581 bits per heavy atom. The summed E-state index contributed by atoms with van der Waals surface area (Å²) < 4.78 is 117. The fraction of sp³-hybridized carbons (Fsp3) is 0.364. The van der Waals surface area contributed by atoms with Gasteiger partial charge in [0, 0.05) is 29.4 Å². The number of phenols is 2. The predicted molar refractivity (Wildman–Crippen MR) is 222 cm³/mol. The molecule has 18 heteroatoms. The first-order valence-corrected chi connectivity index (χ1v) is 20.4. The van der Waals surface area contributed by atoms with Gasteiger partial charge in [-0.3, -0.25) is 0 Å². The van der Waals surface area contributed by atoms with Crippen molar-refractivity contribution in [2.24, 2.45) is 0 Å². The smallest absolute Gasteiger partial charge is 0.494 e. The molecule has 0 amide bonds. The van der Waals surface area contributed by atoms with Crippen LogP contribution >= 0.6 is 15.9 Å². The molecule has 3 fully saturated rings. The molecule has 2 N–H and O–H groups in total. The van der Waals surface area contributed by atoms with E-state index >= 15 is 0 Å². The molecule has 2 unspecified atom stereocenters. The molecular formula is C44H46BBrF6O10. The molecule has 0 aromatic heterocycles. The van der Waals surface area contributed by atoms with Crippen molar-refractivity contribution in [2.45, 2.75) is 90.0 Å². The third-order valence-electron chi connectivity index (χ3n) is 9.86. The lowest BCUT2D eigenvalue weighted by Gasteiger charge is -2.32. The Bertz CT molecular complexity index is 2060. The number of benzene rings is 4. The fourth-order valence-corrected chi connectivity index (χ4v) is 6.47. The molecule has 0 spiro atoms. The second-order valence-electron chi connectivity index (χ2n) is 15.1. The van der Waals surface area contributed by atoms with Crippen molar-refractivity contribution < 1.29 is 74.3 Å². The first kappa shape index (κ1) is 48.2. The van der Waals surface area contributed by atoms with E-state index in [-0.39, 0.29) is 35.6 Å². The summed E-state index contributed by atoms with van der Waals surface area (Å²) in [5, 5.41) is 18.7. The third-order valence-corrected chi connectivity index (χ3v) is 10.3. The van der Waals surface area contributed by atoms with E-state index in [4.69, 9.17) is 28.3 Å². The van der Waals surface area contributed by atoms with Gasteiger partial charge in [0.25, 0.3) is 0 Å². The van der Waals surface area contributed by atoms with Gasteiger partial charge < -0.3 is 47.9 Å². The topological polar surface area (TPSA) is 114 Å². The first-order chi connectivity index (χ1) is 29.4. The number of hydrogen-bond acceptors (Lipinski definition) is 10. The Balaban J connectivity index is 0.000000176. The maximum atomic E-state index is 12.7. The fourth-order valence-electron chi connectivity index (χ4n) is 6.02.